The fraction of sp³-hybridized carbons (Fsp3) is 0.417. The molecule has 86 valence electrons. The predicted octanol–water partition coefficient (Wildman–Crippen LogP) is 3.18. The standard InChI is InChI=1S/C12H14BrFN2/c1-9(6-15)7-16(2)8-10-3-11(13)5-12(14)4-10/h3-5,9H,7-8H2,1-2H3. The van der Waals surface area contributed by atoms with Crippen LogP contribution in [0.15, 0.2) is 22.7 Å². The number of nitriles is 1. The van der Waals surface area contributed by atoms with Crippen molar-refractivity contribution in [1.82, 2.24) is 4.90 Å². The van der Waals surface area contributed by atoms with Crippen LogP contribution in [0.3, 0.4) is 0 Å². The Morgan fingerprint density at radius 3 is 2.75 bits per heavy atom. The lowest BCUT2D eigenvalue weighted by Crippen LogP contribution is -2.23. The first kappa shape index (κ1) is 13.1. The van der Waals surface area contributed by atoms with Crippen LogP contribution in [-0.4, -0.2) is 18.5 Å². The van der Waals surface area contributed by atoms with Crippen LogP contribution in [0.4, 0.5) is 4.39 Å². The fourth-order valence-corrected chi connectivity index (χ4v) is 2.10. The van der Waals surface area contributed by atoms with Gasteiger partial charge in [0.1, 0.15) is 5.82 Å². The Balaban J connectivity index is 2.63. The van der Waals surface area contributed by atoms with Gasteiger partial charge < -0.3 is 4.90 Å². The lowest BCUT2D eigenvalue weighted by molar-refractivity contribution is 0.302. The fourth-order valence-electron chi connectivity index (χ4n) is 1.59. The molecule has 1 rings (SSSR count). The zero-order chi connectivity index (χ0) is 12.1. The van der Waals surface area contributed by atoms with E-state index in [0.29, 0.717) is 13.1 Å². The smallest absolute Gasteiger partial charge is 0.124 e. The van der Waals surface area contributed by atoms with Gasteiger partial charge in [-0.1, -0.05) is 15.9 Å². The summed E-state index contributed by atoms with van der Waals surface area (Å²) in [6, 6.07) is 7.01. The SMILES string of the molecule is CC(C#N)CN(C)Cc1cc(F)cc(Br)c1. The number of rotatable bonds is 4. The number of nitrogens with zero attached hydrogens (tertiary/aromatic N) is 2. The van der Waals surface area contributed by atoms with Gasteiger partial charge in [-0.2, -0.15) is 5.26 Å². The van der Waals surface area contributed by atoms with E-state index in [1.807, 2.05) is 24.9 Å². The Hall–Kier alpha value is -0.920. The molecule has 0 saturated carbocycles. The molecule has 0 N–H and O–H groups in total. The van der Waals surface area contributed by atoms with Crippen molar-refractivity contribution in [2.75, 3.05) is 13.6 Å². The molecule has 1 aromatic rings. The van der Waals surface area contributed by atoms with Crippen LogP contribution in [0.5, 0.6) is 0 Å². The van der Waals surface area contributed by atoms with Gasteiger partial charge in [0.2, 0.25) is 0 Å². The second-order valence-corrected chi connectivity index (χ2v) is 4.92. The highest BCUT2D eigenvalue weighted by molar-refractivity contribution is 9.10. The van der Waals surface area contributed by atoms with Gasteiger partial charge in [0, 0.05) is 17.6 Å². The lowest BCUT2D eigenvalue weighted by atomic mass is 10.1. The Labute approximate surface area is 104 Å². The first-order valence-electron chi connectivity index (χ1n) is 5.04. The van der Waals surface area contributed by atoms with Crippen LogP contribution in [0, 0.1) is 23.1 Å². The topological polar surface area (TPSA) is 27.0 Å². The van der Waals surface area contributed by atoms with E-state index < -0.39 is 0 Å². The Kier molecular flexibility index (Phi) is 4.91. The molecular formula is C12H14BrFN2. The summed E-state index contributed by atoms with van der Waals surface area (Å²) in [4.78, 5) is 2.01. The molecular weight excluding hydrogens is 271 g/mol. The molecule has 1 atom stereocenters. The van der Waals surface area contributed by atoms with Crippen LogP contribution in [0.2, 0.25) is 0 Å². The first-order chi connectivity index (χ1) is 7.51. The second-order valence-electron chi connectivity index (χ2n) is 4.00. The maximum Gasteiger partial charge on any atom is 0.124 e. The van der Waals surface area contributed by atoms with Crippen molar-refractivity contribution in [2.45, 2.75) is 13.5 Å². The van der Waals surface area contributed by atoms with Crippen LogP contribution in [0.1, 0.15) is 12.5 Å². The van der Waals surface area contributed by atoms with E-state index in [0.717, 1.165) is 10.0 Å². The second kappa shape index (κ2) is 5.97. The zero-order valence-corrected chi connectivity index (χ0v) is 11.0. The molecule has 1 unspecified atom stereocenters. The zero-order valence-electron chi connectivity index (χ0n) is 9.37. The third kappa shape index (κ3) is 4.30. The van der Waals surface area contributed by atoms with Crippen LogP contribution in [0.25, 0.3) is 0 Å². The van der Waals surface area contributed by atoms with Crippen molar-refractivity contribution in [3.8, 4) is 6.07 Å². The van der Waals surface area contributed by atoms with Gasteiger partial charge in [0.15, 0.2) is 0 Å². The van der Waals surface area contributed by atoms with Crippen LogP contribution in [-0.2, 0) is 6.54 Å². The summed E-state index contributed by atoms with van der Waals surface area (Å²) >= 11 is 3.26. The minimum absolute atomic E-state index is 0.0120. The molecule has 0 aromatic heterocycles. The van der Waals surface area contributed by atoms with Crippen molar-refractivity contribution in [2.24, 2.45) is 5.92 Å². The normalized spacial score (nSPS) is 12.5. The Bertz CT molecular complexity index is 380. The van der Waals surface area contributed by atoms with Crippen molar-refractivity contribution < 1.29 is 4.39 Å². The quantitative estimate of drug-likeness (QED) is 0.849. The van der Waals surface area contributed by atoms with E-state index in [4.69, 9.17) is 5.26 Å². The Morgan fingerprint density at radius 1 is 1.50 bits per heavy atom. The summed E-state index contributed by atoms with van der Waals surface area (Å²) < 4.78 is 13.8. The maximum atomic E-state index is 13.1. The number of hydrogen-bond donors (Lipinski definition) is 0. The highest BCUT2D eigenvalue weighted by Gasteiger charge is 2.07. The van der Waals surface area contributed by atoms with Crippen LogP contribution < -0.4 is 0 Å². The van der Waals surface area contributed by atoms with E-state index >= 15 is 0 Å². The molecule has 0 heterocycles. The summed E-state index contributed by atoms with van der Waals surface area (Å²) in [7, 11) is 1.92. The summed E-state index contributed by atoms with van der Waals surface area (Å²) in [5.41, 5.74) is 0.902. The minimum atomic E-state index is -0.244. The largest absolute Gasteiger partial charge is 0.301 e. The molecule has 4 heteroatoms. The lowest BCUT2D eigenvalue weighted by Gasteiger charge is -2.17. The third-order valence-electron chi connectivity index (χ3n) is 2.18. The average Bonchev–Trinajstić information content (AvgIpc) is 2.15. The van der Waals surface area contributed by atoms with Crippen molar-refractivity contribution in [3.63, 3.8) is 0 Å². The van der Waals surface area contributed by atoms with Crippen molar-refractivity contribution in [3.05, 3.63) is 34.1 Å². The molecule has 0 aliphatic rings. The molecule has 1 aromatic carbocycles. The molecule has 0 radical (unpaired) electrons. The Morgan fingerprint density at radius 2 is 2.19 bits per heavy atom. The average molecular weight is 285 g/mol. The van der Waals surface area contributed by atoms with E-state index in [1.54, 1.807) is 0 Å². The summed E-state index contributed by atoms with van der Waals surface area (Å²) in [6.45, 7) is 3.20. The van der Waals surface area contributed by atoms with E-state index in [2.05, 4.69) is 22.0 Å². The predicted molar refractivity (Wildman–Crippen MR) is 65.2 cm³/mol. The molecule has 0 aliphatic carbocycles. The van der Waals surface area contributed by atoms with Gasteiger partial charge in [-0.05, 0) is 37.7 Å². The van der Waals surface area contributed by atoms with Crippen molar-refractivity contribution >= 4 is 15.9 Å². The summed E-state index contributed by atoms with van der Waals surface area (Å²) in [6.07, 6.45) is 0. The van der Waals surface area contributed by atoms with Gasteiger partial charge in [0.05, 0.1) is 12.0 Å². The highest BCUT2D eigenvalue weighted by Crippen LogP contribution is 2.16. The van der Waals surface area contributed by atoms with Gasteiger partial charge >= 0.3 is 0 Å². The molecule has 0 spiro atoms. The van der Waals surface area contributed by atoms with E-state index in [9.17, 15) is 4.39 Å². The minimum Gasteiger partial charge on any atom is -0.301 e. The molecule has 0 amide bonds. The highest BCUT2D eigenvalue weighted by atomic mass is 79.9. The molecule has 0 bridgehead atoms. The molecule has 0 saturated heterocycles. The number of hydrogen-bond acceptors (Lipinski definition) is 2. The molecule has 16 heavy (non-hydrogen) atoms. The van der Waals surface area contributed by atoms with Gasteiger partial charge in [0.25, 0.3) is 0 Å². The summed E-state index contributed by atoms with van der Waals surface area (Å²) in [5.74, 6) is -0.256. The number of halogens is 2. The molecule has 0 aliphatic heterocycles. The van der Waals surface area contributed by atoms with Gasteiger partial charge in [-0.25, -0.2) is 4.39 Å². The maximum absolute atomic E-state index is 13.1. The number of benzene rings is 1. The monoisotopic (exact) mass is 284 g/mol. The third-order valence-corrected chi connectivity index (χ3v) is 2.64. The first-order valence-corrected chi connectivity index (χ1v) is 5.83. The summed E-state index contributed by atoms with van der Waals surface area (Å²) in [5, 5.41) is 8.69. The van der Waals surface area contributed by atoms with Gasteiger partial charge in [-0.3, -0.25) is 0 Å². The molecule has 0 fully saturated rings. The van der Waals surface area contributed by atoms with Crippen LogP contribution >= 0.6 is 15.9 Å². The van der Waals surface area contributed by atoms with E-state index in [1.165, 1.54) is 12.1 Å². The van der Waals surface area contributed by atoms with Gasteiger partial charge in [-0.15, -0.1) is 0 Å². The van der Waals surface area contributed by atoms with Crippen molar-refractivity contribution in [1.29, 1.82) is 5.26 Å². The molecule has 2 nitrogen and oxygen atoms in total. The van der Waals surface area contributed by atoms with E-state index in [-0.39, 0.29) is 11.7 Å².